The minimum absolute atomic E-state index is 0.192. The molecular weight excluding hydrogens is 350 g/mol. The van der Waals surface area contributed by atoms with E-state index in [1.54, 1.807) is 5.38 Å². The maximum absolute atomic E-state index is 11.6. The van der Waals surface area contributed by atoms with Gasteiger partial charge in [0.1, 0.15) is 5.69 Å². The van der Waals surface area contributed by atoms with Gasteiger partial charge in [0.05, 0.1) is 0 Å². The van der Waals surface area contributed by atoms with Crippen LogP contribution in [0, 0.1) is 0 Å². The number of piperidine rings is 1. The van der Waals surface area contributed by atoms with Crippen LogP contribution in [0.2, 0.25) is 0 Å². The minimum atomic E-state index is -0.192. The molecule has 1 aliphatic rings. The van der Waals surface area contributed by atoms with Crippen molar-refractivity contribution in [2.24, 2.45) is 0 Å². The van der Waals surface area contributed by atoms with Crippen LogP contribution in [0.5, 0.6) is 0 Å². The first-order valence-electron chi connectivity index (χ1n) is 6.94. The lowest BCUT2D eigenvalue weighted by atomic mass is 10.2. The lowest BCUT2D eigenvalue weighted by Gasteiger charge is -2.08. The number of anilines is 1. The maximum Gasteiger partial charge on any atom is 0.275 e. The molecule has 1 fully saturated rings. The predicted molar refractivity (Wildman–Crippen MR) is 90.9 cm³/mol. The van der Waals surface area contributed by atoms with Crippen molar-refractivity contribution in [2.45, 2.75) is 19.3 Å². The molecule has 1 aliphatic heterocycles. The molecule has 0 unspecified atom stereocenters. The Bertz CT molecular complexity index is 544. The summed E-state index contributed by atoms with van der Waals surface area (Å²) < 4.78 is 0.709. The van der Waals surface area contributed by atoms with Crippen molar-refractivity contribution in [3.05, 3.63) is 45.3 Å². The molecule has 3 rings (SSSR count). The van der Waals surface area contributed by atoms with Gasteiger partial charge in [-0.2, -0.15) is 0 Å². The van der Waals surface area contributed by atoms with E-state index in [0.29, 0.717) is 9.61 Å². The van der Waals surface area contributed by atoms with Crippen LogP contribution in [0.1, 0.15) is 29.8 Å². The Labute approximate surface area is 137 Å². The average Bonchev–Trinajstić information content (AvgIpc) is 2.97. The molecular formula is C15H18BrN3OS. The number of carbonyl (C=O) groups is 1. The highest BCUT2D eigenvalue weighted by Gasteiger charge is 2.09. The molecule has 4 nitrogen and oxygen atoms in total. The summed E-state index contributed by atoms with van der Waals surface area (Å²) in [5, 5.41) is 7.75. The molecule has 0 aliphatic carbocycles. The van der Waals surface area contributed by atoms with Gasteiger partial charge < -0.3 is 10.6 Å². The van der Waals surface area contributed by atoms with E-state index in [0.717, 1.165) is 5.69 Å². The fraction of sp³-hybridized carbons (Fsp3) is 0.333. The standard InChI is InChI=1S/C10H7BrN2OS.C5H11N/c11-10-13-8(6-15-10)9(14)12-7-4-2-1-3-5-7;1-2-4-6-5-3-1/h1-6H,(H,12,14);6H,1-5H2. The molecule has 2 heterocycles. The number of aromatic nitrogens is 1. The number of halogens is 1. The zero-order valence-electron chi connectivity index (χ0n) is 11.6. The second kappa shape index (κ2) is 8.92. The minimum Gasteiger partial charge on any atom is -0.321 e. The molecule has 2 aromatic rings. The van der Waals surface area contributed by atoms with E-state index in [1.165, 1.54) is 43.7 Å². The van der Waals surface area contributed by atoms with Gasteiger partial charge in [-0.15, -0.1) is 11.3 Å². The number of thiazole rings is 1. The number of hydrogen-bond donors (Lipinski definition) is 2. The second-order valence-electron chi connectivity index (χ2n) is 4.62. The summed E-state index contributed by atoms with van der Waals surface area (Å²) in [6, 6.07) is 9.30. The van der Waals surface area contributed by atoms with Crippen LogP contribution < -0.4 is 10.6 Å². The number of nitrogens with one attached hydrogen (secondary N) is 2. The third-order valence-corrected chi connectivity index (χ3v) is 4.31. The van der Waals surface area contributed by atoms with E-state index >= 15 is 0 Å². The molecule has 0 atom stereocenters. The van der Waals surface area contributed by atoms with Gasteiger partial charge in [0.2, 0.25) is 0 Å². The summed E-state index contributed by atoms with van der Waals surface area (Å²) in [5.74, 6) is -0.192. The van der Waals surface area contributed by atoms with Crippen LogP contribution in [0.4, 0.5) is 5.69 Å². The maximum atomic E-state index is 11.6. The van der Waals surface area contributed by atoms with Gasteiger partial charge in [0.15, 0.2) is 3.92 Å². The lowest BCUT2D eigenvalue weighted by molar-refractivity contribution is 0.102. The molecule has 6 heteroatoms. The highest BCUT2D eigenvalue weighted by molar-refractivity contribution is 9.11. The van der Waals surface area contributed by atoms with E-state index in [4.69, 9.17) is 0 Å². The van der Waals surface area contributed by atoms with Crippen LogP contribution in [-0.4, -0.2) is 24.0 Å². The van der Waals surface area contributed by atoms with Gasteiger partial charge in [-0.05, 0) is 54.0 Å². The third kappa shape index (κ3) is 5.95. The normalized spacial score (nSPS) is 14.0. The number of amides is 1. The molecule has 21 heavy (non-hydrogen) atoms. The summed E-state index contributed by atoms with van der Waals surface area (Å²) >= 11 is 4.60. The van der Waals surface area contributed by atoms with E-state index in [-0.39, 0.29) is 5.91 Å². The van der Waals surface area contributed by atoms with Crippen molar-refractivity contribution < 1.29 is 4.79 Å². The van der Waals surface area contributed by atoms with Gasteiger partial charge in [-0.3, -0.25) is 4.79 Å². The number of hydrogen-bond acceptors (Lipinski definition) is 4. The summed E-state index contributed by atoms with van der Waals surface area (Å²) in [7, 11) is 0. The molecule has 112 valence electrons. The number of rotatable bonds is 2. The Balaban J connectivity index is 0.000000225. The first kappa shape index (κ1) is 16.1. The molecule has 0 saturated carbocycles. The molecule has 1 aromatic carbocycles. The van der Waals surface area contributed by atoms with Crippen molar-refractivity contribution in [1.29, 1.82) is 0 Å². The van der Waals surface area contributed by atoms with Crippen LogP contribution in [-0.2, 0) is 0 Å². The number of carbonyl (C=O) groups excluding carboxylic acids is 1. The van der Waals surface area contributed by atoms with Gasteiger partial charge in [-0.25, -0.2) is 4.98 Å². The highest BCUT2D eigenvalue weighted by atomic mass is 79.9. The molecule has 1 amide bonds. The second-order valence-corrected chi connectivity index (χ2v) is 6.75. The first-order chi connectivity index (χ1) is 10.3. The summed E-state index contributed by atoms with van der Waals surface area (Å²) in [4.78, 5) is 15.7. The van der Waals surface area contributed by atoms with Crippen molar-refractivity contribution >= 4 is 38.9 Å². The molecule has 1 aromatic heterocycles. The van der Waals surface area contributed by atoms with Crippen molar-refractivity contribution in [3.8, 4) is 0 Å². The van der Waals surface area contributed by atoms with E-state index in [9.17, 15) is 4.79 Å². The number of benzene rings is 1. The Morgan fingerprint density at radius 3 is 2.38 bits per heavy atom. The van der Waals surface area contributed by atoms with Crippen LogP contribution in [0.15, 0.2) is 39.6 Å². The summed E-state index contributed by atoms with van der Waals surface area (Å²) in [6.07, 6.45) is 4.22. The molecule has 0 radical (unpaired) electrons. The Hall–Kier alpha value is -1.24. The molecule has 2 N–H and O–H groups in total. The number of nitrogens with zero attached hydrogens (tertiary/aromatic N) is 1. The van der Waals surface area contributed by atoms with E-state index in [2.05, 4.69) is 31.5 Å². The van der Waals surface area contributed by atoms with Crippen LogP contribution in [0.3, 0.4) is 0 Å². The summed E-state index contributed by atoms with van der Waals surface area (Å²) in [6.45, 7) is 2.50. The van der Waals surface area contributed by atoms with Gasteiger partial charge in [0.25, 0.3) is 5.91 Å². The first-order valence-corrected chi connectivity index (χ1v) is 8.61. The van der Waals surface area contributed by atoms with E-state index in [1.807, 2.05) is 30.3 Å². The molecule has 1 saturated heterocycles. The quantitative estimate of drug-likeness (QED) is 0.845. The zero-order chi connectivity index (χ0) is 14.9. The third-order valence-electron chi connectivity index (χ3n) is 2.95. The monoisotopic (exact) mass is 367 g/mol. The smallest absolute Gasteiger partial charge is 0.275 e. The van der Waals surface area contributed by atoms with Crippen molar-refractivity contribution in [1.82, 2.24) is 10.3 Å². The highest BCUT2D eigenvalue weighted by Crippen LogP contribution is 2.17. The van der Waals surface area contributed by atoms with Gasteiger partial charge in [-0.1, -0.05) is 24.6 Å². The van der Waals surface area contributed by atoms with Gasteiger partial charge in [0, 0.05) is 11.1 Å². The SMILES string of the molecule is C1CCNCC1.O=C(Nc1ccccc1)c1csc(Br)n1. The van der Waals surface area contributed by atoms with Crippen molar-refractivity contribution in [2.75, 3.05) is 18.4 Å². The lowest BCUT2D eigenvalue weighted by Crippen LogP contribution is -2.21. The average molecular weight is 368 g/mol. The fourth-order valence-electron chi connectivity index (χ4n) is 1.87. The summed E-state index contributed by atoms with van der Waals surface area (Å²) in [5.41, 5.74) is 1.20. The molecule has 0 bridgehead atoms. The van der Waals surface area contributed by atoms with Crippen LogP contribution in [0.25, 0.3) is 0 Å². The van der Waals surface area contributed by atoms with Crippen LogP contribution >= 0.6 is 27.3 Å². The van der Waals surface area contributed by atoms with Gasteiger partial charge >= 0.3 is 0 Å². The zero-order valence-corrected chi connectivity index (χ0v) is 14.0. The fourth-order valence-corrected chi connectivity index (χ4v) is 2.87. The number of para-hydroxylation sites is 1. The Morgan fingerprint density at radius 1 is 1.19 bits per heavy atom. The molecule has 0 spiro atoms. The Morgan fingerprint density at radius 2 is 1.90 bits per heavy atom. The van der Waals surface area contributed by atoms with Crippen molar-refractivity contribution in [3.63, 3.8) is 0 Å². The largest absolute Gasteiger partial charge is 0.321 e. The topological polar surface area (TPSA) is 54.0 Å². The Kier molecular flexibility index (Phi) is 6.85. The predicted octanol–water partition coefficient (Wildman–Crippen LogP) is 3.92. The van der Waals surface area contributed by atoms with E-state index < -0.39 is 0 Å².